The zero-order chi connectivity index (χ0) is 11.1. The summed E-state index contributed by atoms with van der Waals surface area (Å²) in [6.07, 6.45) is 3.13. The van der Waals surface area contributed by atoms with Gasteiger partial charge in [-0.1, -0.05) is 6.92 Å². The highest BCUT2D eigenvalue weighted by Crippen LogP contribution is 2.19. The molecule has 0 saturated heterocycles. The van der Waals surface area contributed by atoms with E-state index >= 15 is 0 Å². The molecule has 1 aromatic heterocycles. The van der Waals surface area contributed by atoms with E-state index in [1.807, 2.05) is 7.05 Å². The lowest BCUT2D eigenvalue weighted by Crippen LogP contribution is -2.10. The van der Waals surface area contributed by atoms with E-state index in [2.05, 4.69) is 27.5 Å². The van der Waals surface area contributed by atoms with Crippen LogP contribution in [0.2, 0.25) is 0 Å². The summed E-state index contributed by atoms with van der Waals surface area (Å²) in [4.78, 5) is 8.33. The second-order valence-corrected chi connectivity index (χ2v) is 3.16. The van der Waals surface area contributed by atoms with Crippen LogP contribution in [0.25, 0.3) is 0 Å². The lowest BCUT2D eigenvalue weighted by Gasteiger charge is -2.12. The van der Waals surface area contributed by atoms with Gasteiger partial charge >= 0.3 is 0 Å². The molecule has 0 saturated carbocycles. The molecular weight excluding hydrogens is 192 g/mol. The van der Waals surface area contributed by atoms with Gasteiger partial charge in [0.2, 0.25) is 0 Å². The van der Waals surface area contributed by atoms with Gasteiger partial charge in [0.1, 0.15) is 18.0 Å². The molecule has 15 heavy (non-hydrogen) atoms. The number of hydrogen-bond donors (Lipinski definition) is 3. The molecule has 0 atom stereocenters. The first-order chi connectivity index (χ1) is 7.33. The lowest BCUT2D eigenvalue weighted by atomic mass is 10.2. The molecule has 0 radical (unpaired) electrons. The number of rotatable bonds is 6. The summed E-state index contributed by atoms with van der Waals surface area (Å²) in [6, 6.07) is 0. The van der Waals surface area contributed by atoms with E-state index < -0.39 is 0 Å². The maximum atomic E-state index is 8.69. The van der Waals surface area contributed by atoms with E-state index in [1.165, 1.54) is 6.33 Å². The number of anilines is 2. The van der Waals surface area contributed by atoms with Crippen LogP contribution in [0, 0.1) is 0 Å². The van der Waals surface area contributed by atoms with Crippen LogP contribution in [0.1, 0.15) is 18.9 Å². The molecule has 0 amide bonds. The first-order valence-electron chi connectivity index (χ1n) is 5.19. The van der Waals surface area contributed by atoms with E-state index in [0.29, 0.717) is 0 Å². The monoisotopic (exact) mass is 210 g/mol. The normalized spacial score (nSPS) is 10.1. The Morgan fingerprint density at radius 3 is 2.67 bits per heavy atom. The highest BCUT2D eigenvalue weighted by molar-refractivity contribution is 5.56. The van der Waals surface area contributed by atoms with E-state index in [9.17, 15) is 0 Å². The molecule has 0 aromatic carbocycles. The molecule has 0 fully saturated rings. The SMILES string of the molecule is CCc1c(NC)ncnc1NCCCO. The van der Waals surface area contributed by atoms with Crippen molar-refractivity contribution in [2.45, 2.75) is 19.8 Å². The predicted molar refractivity (Wildman–Crippen MR) is 61.1 cm³/mol. The maximum absolute atomic E-state index is 8.69. The van der Waals surface area contributed by atoms with E-state index in [0.717, 1.165) is 36.6 Å². The molecule has 0 unspecified atom stereocenters. The van der Waals surface area contributed by atoms with Gasteiger partial charge in [-0.05, 0) is 12.8 Å². The fourth-order valence-electron chi connectivity index (χ4n) is 1.40. The van der Waals surface area contributed by atoms with Gasteiger partial charge < -0.3 is 15.7 Å². The van der Waals surface area contributed by atoms with Crippen LogP contribution in [0.15, 0.2) is 6.33 Å². The van der Waals surface area contributed by atoms with Gasteiger partial charge in [0.05, 0.1) is 0 Å². The van der Waals surface area contributed by atoms with Crippen molar-refractivity contribution >= 4 is 11.6 Å². The molecule has 0 spiro atoms. The van der Waals surface area contributed by atoms with Crippen molar-refractivity contribution in [3.8, 4) is 0 Å². The summed E-state index contributed by atoms with van der Waals surface area (Å²) in [5.41, 5.74) is 1.08. The van der Waals surface area contributed by atoms with Gasteiger partial charge in [-0.2, -0.15) is 0 Å². The van der Waals surface area contributed by atoms with Crippen molar-refractivity contribution < 1.29 is 5.11 Å². The molecule has 5 heteroatoms. The fraction of sp³-hybridized carbons (Fsp3) is 0.600. The first kappa shape index (κ1) is 11.7. The van der Waals surface area contributed by atoms with Crippen molar-refractivity contribution in [2.75, 3.05) is 30.8 Å². The Balaban J connectivity index is 2.76. The van der Waals surface area contributed by atoms with Crippen molar-refractivity contribution in [1.29, 1.82) is 0 Å². The molecule has 3 N–H and O–H groups in total. The minimum Gasteiger partial charge on any atom is -0.396 e. The average molecular weight is 210 g/mol. The summed E-state index contributed by atoms with van der Waals surface area (Å²) >= 11 is 0. The maximum Gasteiger partial charge on any atom is 0.134 e. The molecule has 0 aliphatic carbocycles. The van der Waals surface area contributed by atoms with Gasteiger partial charge in [0.25, 0.3) is 0 Å². The van der Waals surface area contributed by atoms with Crippen LogP contribution >= 0.6 is 0 Å². The summed E-state index contributed by atoms with van der Waals surface area (Å²) < 4.78 is 0. The second-order valence-electron chi connectivity index (χ2n) is 3.16. The third-order valence-electron chi connectivity index (χ3n) is 2.16. The van der Waals surface area contributed by atoms with E-state index in [4.69, 9.17) is 5.11 Å². The molecule has 84 valence electrons. The zero-order valence-electron chi connectivity index (χ0n) is 9.25. The first-order valence-corrected chi connectivity index (χ1v) is 5.19. The summed E-state index contributed by atoms with van der Waals surface area (Å²) in [7, 11) is 1.85. The molecule has 0 aliphatic rings. The fourth-order valence-corrected chi connectivity index (χ4v) is 1.40. The van der Waals surface area contributed by atoms with Crippen molar-refractivity contribution in [3.05, 3.63) is 11.9 Å². The standard InChI is InChI=1S/C10H18N4O/c1-3-8-9(11-2)13-7-14-10(8)12-5-4-6-15/h7,15H,3-6H2,1-2H3,(H2,11,12,13,14). The molecule has 5 nitrogen and oxygen atoms in total. The summed E-state index contributed by atoms with van der Waals surface area (Å²) in [5.74, 6) is 1.71. The van der Waals surface area contributed by atoms with E-state index in [-0.39, 0.29) is 6.61 Å². The third kappa shape index (κ3) is 3.06. The molecule has 1 heterocycles. The van der Waals surface area contributed by atoms with Crippen molar-refractivity contribution in [3.63, 3.8) is 0 Å². The lowest BCUT2D eigenvalue weighted by molar-refractivity contribution is 0.292. The van der Waals surface area contributed by atoms with Crippen LogP contribution in [0.3, 0.4) is 0 Å². The Morgan fingerprint density at radius 1 is 1.33 bits per heavy atom. The molecule has 1 rings (SSSR count). The largest absolute Gasteiger partial charge is 0.396 e. The van der Waals surface area contributed by atoms with Crippen molar-refractivity contribution in [1.82, 2.24) is 9.97 Å². The van der Waals surface area contributed by atoms with Gasteiger partial charge in [0.15, 0.2) is 0 Å². The number of aliphatic hydroxyl groups excluding tert-OH is 1. The van der Waals surface area contributed by atoms with Gasteiger partial charge in [-0.15, -0.1) is 0 Å². The Morgan fingerprint density at radius 2 is 2.07 bits per heavy atom. The van der Waals surface area contributed by atoms with Crippen LogP contribution in [-0.2, 0) is 6.42 Å². The minimum absolute atomic E-state index is 0.193. The number of hydrogen-bond acceptors (Lipinski definition) is 5. The Hall–Kier alpha value is -1.36. The Labute approximate surface area is 90.0 Å². The molecular formula is C10H18N4O. The van der Waals surface area contributed by atoms with Crippen LogP contribution in [0.4, 0.5) is 11.6 Å². The van der Waals surface area contributed by atoms with Gasteiger partial charge in [-0.3, -0.25) is 0 Å². The Bertz CT molecular complexity index is 303. The summed E-state index contributed by atoms with van der Waals surface area (Å²) in [5, 5.41) is 14.9. The number of aliphatic hydroxyl groups is 1. The minimum atomic E-state index is 0.193. The number of nitrogens with zero attached hydrogens (tertiary/aromatic N) is 2. The smallest absolute Gasteiger partial charge is 0.134 e. The van der Waals surface area contributed by atoms with Gasteiger partial charge in [-0.25, -0.2) is 9.97 Å². The van der Waals surface area contributed by atoms with Crippen LogP contribution in [-0.4, -0.2) is 35.3 Å². The quantitative estimate of drug-likeness (QED) is 0.608. The molecule has 0 bridgehead atoms. The van der Waals surface area contributed by atoms with Crippen LogP contribution in [0.5, 0.6) is 0 Å². The highest BCUT2D eigenvalue weighted by atomic mass is 16.3. The number of nitrogens with one attached hydrogen (secondary N) is 2. The van der Waals surface area contributed by atoms with Crippen molar-refractivity contribution in [2.24, 2.45) is 0 Å². The zero-order valence-corrected chi connectivity index (χ0v) is 9.25. The average Bonchev–Trinajstić information content (AvgIpc) is 2.29. The van der Waals surface area contributed by atoms with Crippen LogP contribution < -0.4 is 10.6 Å². The third-order valence-corrected chi connectivity index (χ3v) is 2.16. The summed E-state index contributed by atoms with van der Waals surface area (Å²) in [6.45, 7) is 2.98. The van der Waals surface area contributed by atoms with E-state index in [1.54, 1.807) is 0 Å². The van der Waals surface area contributed by atoms with Gasteiger partial charge in [0, 0.05) is 25.8 Å². The Kier molecular flexibility index (Phi) is 4.83. The predicted octanol–water partition coefficient (Wildman–Crippen LogP) is 0.875. The topological polar surface area (TPSA) is 70.1 Å². The second kappa shape index (κ2) is 6.19. The molecule has 1 aromatic rings. The number of aromatic nitrogens is 2. The molecule has 0 aliphatic heterocycles. The highest BCUT2D eigenvalue weighted by Gasteiger charge is 2.07.